The van der Waals surface area contributed by atoms with Crippen LogP contribution in [0.25, 0.3) is 78.4 Å². The molecule has 0 amide bonds. The predicted octanol–water partition coefficient (Wildman–Crippen LogP) is 10.7. The van der Waals surface area contributed by atoms with Crippen molar-refractivity contribution < 1.29 is 4.42 Å². The fourth-order valence-corrected chi connectivity index (χ4v) is 7.10. The number of nitrogens with zero attached hydrogens (tertiary/aromatic N) is 3. The van der Waals surface area contributed by atoms with E-state index in [1.54, 1.807) is 0 Å². The minimum Gasteiger partial charge on any atom is -0.456 e. The third kappa shape index (κ3) is 4.04. The standard InChI is InChI=1S/C42H29N3O/c1-42(2)33-20-10-9-17-30(33)37-29(18-11-21-34(37)42)28-23-24-31-36(25-28)46-35-22-12-19-32(38(31)35)41-44-39(26-13-5-3-6-14-26)43-40(45-41)27-15-7-4-8-16-27/h3-25H,1-2H3. The molecule has 0 N–H and O–H groups in total. The lowest BCUT2D eigenvalue weighted by molar-refractivity contribution is 0.660. The van der Waals surface area contributed by atoms with Gasteiger partial charge >= 0.3 is 0 Å². The van der Waals surface area contributed by atoms with Crippen molar-refractivity contribution in [3.63, 3.8) is 0 Å². The first-order valence-corrected chi connectivity index (χ1v) is 15.6. The fourth-order valence-electron chi connectivity index (χ4n) is 7.10. The van der Waals surface area contributed by atoms with E-state index in [1.165, 1.54) is 27.8 Å². The third-order valence-electron chi connectivity index (χ3n) is 9.36. The number of hydrogen-bond donors (Lipinski definition) is 0. The van der Waals surface area contributed by atoms with Crippen LogP contribution in [0.5, 0.6) is 0 Å². The van der Waals surface area contributed by atoms with E-state index in [2.05, 4.69) is 80.6 Å². The SMILES string of the molecule is CC1(C)c2ccccc2-c2c(-c3ccc4c(c3)oc3cccc(-c5nc(-c6ccccc6)nc(-c6ccccc6)n5)c34)cccc21. The summed E-state index contributed by atoms with van der Waals surface area (Å²) in [5.41, 5.74) is 12.1. The molecule has 8 aromatic rings. The maximum Gasteiger partial charge on any atom is 0.164 e. The highest BCUT2D eigenvalue weighted by molar-refractivity contribution is 6.12. The summed E-state index contributed by atoms with van der Waals surface area (Å²) in [4.78, 5) is 14.9. The average molecular weight is 592 g/mol. The Labute approximate surface area is 267 Å². The van der Waals surface area contributed by atoms with Gasteiger partial charge in [-0.1, -0.05) is 135 Å². The summed E-state index contributed by atoms with van der Waals surface area (Å²) >= 11 is 0. The van der Waals surface area contributed by atoms with Crippen LogP contribution in [0, 0.1) is 0 Å². The lowest BCUT2D eigenvalue weighted by Crippen LogP contribution is -2.14. The molecule has 0 radical (unpaired) electrons. The van der Waals surface area contributed by atoms with Gasteiger partial charge in [0.1, 0.15) is 11.2 Å². The van der Waals surface area contributed by atoms with E-state index in [0.29, 0.717) is 17.5 Å². The van der Waals surface area contributed by atoms with Crippen molar-refractivity contribution in [1.29, 1.82) is 0 Å². The van der Waals surface area contributed by atoms with Gasteiger partial charge in [-0.05, 0) is 51.6 Å². The Morgan fingerprint density at radius 1 is 0.457 bits per heavy atom. The molecule has 2 aromatic heterocycles. The van der Waals surface area contributed by atoms with Crippen LogP contribution in [-0.2, 0) is 5.41 Å². The number of furan rings is 1. The summed E-state index contributed by atoms with van der Waals surface area (Å²) in [5.74, 6) is 1.89. The molecule has 0 spiro atoms. The zero-order chi connectivity index (χ0) is 30.8. The molecule has 0 unspecified atom stereocenters. The molecule has 0 bridgehead atoms. The molecule has 1 aliphatic carbocycles. The fraction of sp³-hybridized carbons (Fsp3) is 0.0714. The van der Waals surface area contributed by atoms with Crippen molar-refractivity contribution >= 4 is 21.9 Å². The maximum atomic E-state index is 6.57. The zero-order valence-electron chi connectivity index (χ0n) is 25.5. The highest BCUT2D eigenvalue weighted by Gasteiger charge is 2.36. The molecule has 0 aliphatic heterocycles. The Hall–Kier alpha value is -5.87. The Morgan fingerprint density at radius 3 is 1.78 bits per heavy atom. The minimum atomic E-state index is -0.0535. The van der Waals surface area contributed by atoms with Gasteiger partial charge in [-0.2, -0.15) is 0 Å². The number of fused-ring (bicyclic) bond motifs is 6. The van der Waals surface area contributed by atoms with Crippen LogP contribution in [0.1, 0.15) is 25.0 Å². The van der Waals surface area contributed by atoms with Crippen LogP contribution in [-0.4, -0.2) is 15.0 Å². The van der Waals surface area contributed by atoms with Crippen molar-refractivity contribution in [2.75, 3.05) is 0 Å². The highest BCUT2D eigenvalue weighted by atomic mass is 16.3. The minimum absolute atomic E-state index is 0.0535. The van der Waals surface area contributed by atoms with Gasteiger partial charge in [-0.15, -0.1) is 0 Å². The molecule has 0 fully saturated rings. The second-order valence-electron chi connectivity index (χ2n) is 12.4. The smallest absolute Gasteiger partial charge is 0.164 e. The molecule has 0 saturated heterocycles. The molecule has 4 heteroatoms. The molecule has 4 nitrogen and oxygen atoms in total. The highest BCUT2D eigenvalue weighted by Crippen LogP contribution is 2.52. The normalized spacial score (nSPS) is 13.2. The van der Waals surface area contributed by atoms with E-state index in [1.807, 2.05) is 72.8 Å². The second-order valence-corrected chi connectivity index (χ2v) is 12.4. The topological polar surface area (TPSA) is 51.8 Å². The quantitative estimate of drug-likeness (QED) is 0.204. The summed E-state index contributed by atoms with van der Waals surface area (Å²) in [6.07, 6.45) is 0. The third-order valence-corrected chi connectivity index (χ3v) is 9.36. The number of benzene rings is 6. The first-order valence-electron chi connectivity index (χ1n) is 15.6. The van der Waals surface area contributed by atoms with Gasteiger partial charge in [0.25, 0.3) is 0 Å². The van der Waals surface area contributed by atoms with Gasteiger partial charge in [0.2, 0.25) is 0 Å². The van der Waals surface area contributed by atoms with Crippen LogP contribution < -0.4 is 0 Å². The lowest BCUT2D eigenvalue weighted by atomic mass is 9.82. The Balaban J connectivity index is 1.23. The summed E-state index contributed by atoms with van der Waals surface area (Å²) in [6.45, 7) is 4.64. The van der Waals surface area contributed by atoms with E-state index in [9.17, 15) is 0 Å². The van der Waals surface area contributed by atoms with Crippen LogP contribution >= 0.6 is 0 Å². The van der Waals surface area contributed by atoms with E-state index in [0.717, 1.165) is 44.2 Å². The van der Waals surface area contributed by atoms with Crippen LogP contribution in [0.4, 0.5) is 0 Å². The van der Waals surface area contributed by atoms with Crippen LogP contribution in [0.3, 0.4) is 0 Å². The summed E-state index contributed by atoms with van der Waals surface area (Å²) in [5, 5.41) is 2.03. The molecule has 6 aromatic carbocycles. The lowest BCUT2D eigenvalue weighted by Gasteiger charge is -2.21. The van der Waals surface area contributed by atoms with Gasteiger partial charge in [0.15, 0.2) is 17.5 Å². The van der Waals surface area contributed by atoms with E-state index in [4.69, 9.17) is 19.4 Å². The predicted molar refractivity (Wildman–Crippen MR) is 186 cm³/mol. The van der Waals surface area contributed by atoms with E-state index in [-0.39, 0.29) is 5.41 Å². The van der Waals surface area contributed by atoms with Gasteiger partial charge < -0.3 is 4.42 Å². The molecule has 0 saturated carbocycles. The first-order chi connectivity index (χ1) is 22.6. The van der Waals surface area contributed by atoms with Crippen molar-refractivity contribution in [2.24, 2.45) is 0 Å². The van der Waals surface area contributed by atoms with Gasteiger partial charge in [0, 0.05) is 32.9 Å². The second kappa shape index (κ2) is 10.1. The number of rotatable bonds is 4. The summed E-state index contributed by atoms with van der Waals surface area (Å²) in [6, 6.07) is 48.3. The van der Waals surface area contributed by atoms with Crippen molar-refractivity contribution in [2.45, 2.75) is 19.3 Å². The summed E-state index contributed by atoms with van der Waals surface area (Å²) < 4.78 is 6.57. The van der Waals surface area contributed by atoms with E-state index >= 15 is 0 Å². The van der Waals surface area contributed by atoms with Crippen molar-refractivity contribution in [3.8, 4) is 56.4 Å². The van der Waals surface area contributed by atoms with Gasteiger partial charge in [-0.3, -0.25) is 0 Å². The monoisotopic (exact) mass is 591 g/mol. The summed E-state index contributed by atoms with van der Waals surface area (Å²) in [7, 11) is 0. The van der Waals surface area contributed by atoms with Gasteiger partial charge in [0.05, 0.1) is 0 Å². The molecular formula is C42H29N3O. The number of hydrogen-bond acceptors (Lipinski definition) is 4. The molecule has 218 valence electrons. The Kier molecular flexibility index (Phi) is 5.81. The Morgan fingerprint density at radius 2 is 1.04 bits per heavy atom. The maximum absolute atomic E-state index is 6.57. The largest absolute Gasteiger partial charge is 0.456 e. The van der Waals surface area contributed by atoms with Crippen LogP contribution in [0.2, 0.25) is 0 Å². The molecule has 0 atom stereocenters. The number of aromatic nitrogens is 3. The molecule has 46 heavy (non-hydrogen) atoms. The van der Waals surface area contributed by atoms with Crippen LogP contribution in [0.15, 0.2) is 144 Å². The zero-order valence-corrected chi connectivity index (χ0v) is 25.5. The first kappa shape index (κ1) is 26.5. The molecule has 9 rings (SSSR count). The molecule has 1 aliphatic rings. The Bertz CT molecular complexity index is 2380. The van der Waals surface area contributed by atoms with Crippen molar-refractivity contribution in [1.82, 2.24) is 15.0 Å². The molecule has 2 heterocycles. The van der Waals surface area contributed by atoms with E-state index < -0.39 is 0 Å². The van der Waals surface area contributed by atoms with Crippen molar-refractivity contribution in [3.05, 3.63) is 151 Å². The molecular weight excluding hydrogens is 562 g/mol. The van der Waals surface area contributed by atoms with Gasteiger partial charge in [-0.25, -0.2) is 15.0 Å². The average Bonchev–Trinajstić information content (AvgIpc) is 3.60.